The molecule has 1 fully saturated rings. The third-order valence-corrected chi connectivity index (χ3v) is 5.36. The van der Waals surface area contributed by atoms with Gasteiger partial charge in [0.1, 0.15) is 41.5 Å². The zero-order chi connectivity index (χ0) is 21.8. The second-order valence-electron chi connectivity index (χ2n) is 7.61. The summed E-state index contributed by atoms with van der Waals surface area (Å²) in [6.07, 6.45) is 7.17. The minimum Gasteiger partial charge on any atom is -0.497 e. The zero-order valence-corrected chi connectivity index (χ0v) is 17.9. The lowest BCUT2D eigenvalue weighted by Crippen LogP contribution is -2.34. The fraction of sp³-hybridized carbons (Fsp3) is 0.364. The molecule has 0 aliphatic carbocycles. The molecule has 1 aromatic carbocycles. The van der Waals surface area contributed by atoms with Crippen molar-refractivity contribution in [2.24, 2.45) is 5.92 Å². The lowest BCUT2D eigenvalue weighted by atomic mass is 10.0. The molecule has 3 heterocycles. The number of carbonyl (C=O) groups excluding carboxylic acids is 1. The summed E-state index contributed by atoms with van der Waals surface area (Å²) in [4.78, 5) is 28.0. The van der Waals surface area contributed by atoms with Crippen LogP contribution in [0.2, 0.25) is 0 Å². The van der Waals surface area contributed by atoms with E-state index in [1.54, 1.807) is 48.7 Å². The summed E-state index contributed by atoms with van der Waals surface area (Å²) in [5.74, 6) is 2.99. The Hall–Kier alpha value is -3.62. The highest BCUT2D eigenvalue weighted by atomic mass is 16.5. The van der Waals surface area contributed by atoms with Gasteiger partial charge in [-0.1, -0.05) is 6.92 Å². The van der Waals surface area contributed by atoms with Crippen molar-refractivity contribution in [3.8, 4) is 17.3 Å². The van der Waals surface area contributed by atoms with Crippen molar-refractivity contribution in [2.75, 3.05) is 37.5 Å². The predicted octanol–water partition coefficient (Wildman–Crippen LogP) is 3.17. The van der Waals surface area contributed by atoms with Crippen molar-refractivity contribution in [3.63, 3.8) is 0 Å². The number of anilines is 2. The maximum Gasteiger partial charge on any atom is 0.275 e. The molecule has 0 spiro atoms. The van der Waals surface area contributed by atoms with E-state index in [2.05, 4.69) is 32.1 Å². The quantitative estimate of drug-likeness (QED) is 0.652. The third-order valence-electron chi connectivity index (χ3n) is 5.36. The van der Waals surface area contributed by atoms with Crippen LogP contribution in [0.15, 0.2) is 43.1 Å². The van der Waals surface area contributed by atoms with E-state index in [1.807, 2.05) is 6.07 Å². The summed E-state index contributed by atoms with van der Waals surface area (Å²) in [5.41, 5.74) is 0.802. The largest absolute Gasteiger partial charge is 0.497 e. The summed E-state index contributed by atoms with van der Waals surface area (Å²) in [6, 6.07) is 7.11. The number of piperidine rings is 1. The summed E-state index contributed by atoms with van der Waals surface area (Å²) >= 11 is 0. The van der Waals surface area contributed by atoms with Crippen LogP contribution in [0.5, 0.6) is 11.5 Å². The zero-order valence-electron chi connectivity index (χ0n) is 17.9. The van der Waals surface area contributed by atoms with Crippen LogP contribution in [0.25, 0.3) is 5.82 Å². The Kier molecular flexibility index (Phi) is 6.01. The molecule has 1 saturated heterocycles. The van der Waals surface area contributed by atoms with Crippen molar-refractivity contribution in [1.82, 2.24) is 19.5 Å². The number of ether oxygens (including phenoxy) is 2. The van der Waals surface area contributed by atoms with E-state index in [0.29, 0.717) is 28.9 Å². The molecule has 0 saturated carbocycles. The van der Waals surface area contributed by atoms with Gasteiger partial charge in [-0.2, -0.15) is 0 Å². The van der Waals surface area contributed by atoms with E-state index in [4.69, 9.17) is 9.47 Å². The second-order valence-corrected chi connectivity index (χ2v) is 7.61. The number of carbonyl (C=O) groups is 1. The third kappa shape index (κ3) is 4.60. The summed E-state index contributed by atoms with van der Waals surface area (Å²) in [7, 11) is 3.11. The standard InChI is InChI=1S/C22H26N6O3/c1-15-5-4-8-27(11-15)20-10-21(24-13-23-20)28-12-18(25-14-28)22(29)26-17-7-6-16(30-2)9-19(17)31-3/h6-7,9-10,12-15H,4-5,8,11H2,1-3H3,(H,26,29). The molecule has 162 valence electrons. The van der Waals surface area contributed by atoms with Crippen molar-refractivity contribution < 1.29 is 14.3 Å². The summed E-state index contributed by atoms with van der Waals surface area (Å²) in [5, 5.41) is 2.83. The average molecular weight is 422 g/mol. The van der Waals surface area contributed by atoms with Gasteiger partial charge in [0.2, 0.25) is 0 Å². The second kappa shape index (κ2) is 9.03. The molecule has 1 aliphatic heterocycles. The Morgan fingerprint density at radius 1 is 1.13 bits per heavy atom. The van der Waals surface area contributed by atoms with Gasteiger partial charge in [0.15, 0.2) is 0 Å². The number of nitrogens with zero attached hydrogens (tertiary/aromatic N) is 5. The van der Waals surface area contributed by atoms with E-state index in [0.717, 1.165) is 25.3 Å². The molecule has 1 amide bonds. The Morgan fingerprint density at radius 3 is 2.74 bits per heavy atom. The molecule has 2 aromatic heterocycles. The van der Waals surface area contributed by atoms with Gasteiger partial charge in [0.05, 0.1) is 19.9 Å². The highest BCUT2D eigenvalue weighted by Crippen LogP contribution is 2.29. The van der Waals surface area contributed by atoms with Gasteiger partial charge in [0.25, 0.3) is 5.91 Å². The number of rotatable bonds is 6. The van der Waals surface area contributed by atoms with Crippen molar-refractivity contribution in [2.45, 2.75) is 19.8 Å². The molecule has 31 heavy (non-hydrogen) atoms. The van der Waals surface area contributed by atoms with Crippen molar-refractivity contribution >= 4 is 17.4 Å². The monoisotopic (exact) mass is 422 g/mol. The van der Waals surface area contributed by atoms with E-state index in [9.17, 15) is 4.79 Å². The Balaban J connectivity index is 1.51. The molecule has 0 bridgehead atoms. The maximum absolute atomic E-state index is 12.7. The normalized spacial score (nSPS) is 16.1. The predicted molar refractivity (Wildman–Crippen MR) is 117 cm³/mol. The fourth-order valence-electron chi connectivity index (χ4n) is 3.70. The van der Waals surface area contributed by atoms with E-state index < -0.39 is 0 Å². The van der Waals surface area contributed by atoms with Gasteiger partial charge in [-0.3, -0.25) is 9.36 Å². The number of benzene rings is 1. The lowest BCUT2D eigenvalue weighted by molar-refractivity contribution is 0.102. The van der Waals surface area contributed by atoms with Gasteiger partial charge >= 0.3 is 0 Å². The van der Waals surface area contributed by atoms with Crippen molar-refractivity contribution in [3.05, 3.63) is 48.8 Å². The number of hydrogen-bond acceptors (Lipinski definition) is 7. The number of hydrogen-bond donors (Lipinski definition) is 1. The van der Waals surface area contributed by atoms with Gasteiger partial charge in [-0.15, -0.1) is 0 Å². The SMILES string of the molecule is COc1ccc(NC(=O)c2cn(-c3cc(N4CCCC(C)C4)ncn3)cn2)c(OC)c1. The molecule has 3 aromatic rings. The number of imidazole rings is 1. The Bertz CT molecular complexity index is 1070. The minimum absolute atomic E-state index is 0.268. The summed E-state index contributed by atoms with van der Waals surface area (Å²) in [6.45, 7) is 4.23. The maximum atomic E-state index is 12.7. The molecule has 9 nitrogen and oxygen atoms in total. The smallest absolute Gasteiger partial charge is 0.275 e. The number of methoxy groups -OCH3 is 2. The highest BCUT2D eigenvalue weighted by molar-refractivity contribution is 6.03. The fourth-order valence-corrected chi connectivity index (χ4v) is 3.70. The van der Waals surface area contributed by atoms with Crippen LogP contribution >= 0.6 is 0 Å². The minimum atomic E-state index is -0.346. The molecule has 0 radical (unpaired) electrons. The molecule has 1 aliphatic rings. The first-order valence-electron chi connectivity index (χ1n) is 10.2. The average Bonchev–Trinajstić information content (AvgIpc) is 3.30. The van der Waals surface area contributed by atoms with Crippen LogP contribution in [-0.4, -0.2) is 52.7 Å². The van der Waals surface area contributed by atoms with Gasteiger partial charge in [0, 0.05) is 31.4 Å². The first kappa shape index (κ1) is 20.6. The molecule has 1 atom stereocenters. The molecule has 1 N–H and O–H groups in total. The topological polar surface area (TPSA) is 94.4 Å². The summed E-state index contributed by atoms with van der Waals surface area (Å²) < 4.78 is 12.2. The lowest BCUT2D eigenvalue weighted by Gasteiger charge is -2.31. The molecular weight excluding hydrogens is 396 g/mol. The van der Waals surface area contributed by atoms with Crippen LogP contribution in [0, 0.1) is 5.92 Å². The van der Waals surface area contributed by atoms with Gasteiger partial charge in [-0.25, -0.2) is 15.0 Å². The highest BCUT2D eigenvalue weighted by Gasteiger charge is 2.19. The number of amides is 1. The molecular formula is C22H26N6O3. The molecule has 9 heteroatoms. The van der Waals surface area contributed by atoms with Crippen LogP contribution in [0.3, 0.4) is 0 Å². The first-order valence-corrected chi connectivity index (χ1v) is 10.2. The van der Waals surface area contributed by atoms with E-state index >= 15 is 0 Å². The van der Waals surface area contributed by atoms with E-state index in [1.165, 1.54) is 13.5 Å². The van der Waals surface area contributed by atoms with Crippen molar-refractivity contribution in [1.29, 1.82) is 0 Å². The van der Waals surface area contributed by atoms with Crippen LogP contribution in [0.1, 0.15) is 30.3 Å². The Labute approximate surface area is 181 Å². The Morgan fingerprint density at radius 2 is 1.97 bits per heavy atom. The van der Waals surface area contributed by atoms with Gasteiger partial charge in [-0.05, 0) is 30.9 Å². The molecule has 4 rings (SSSR count). The number of nitrogens with one attached hydrogen (secondary N) is 1. The van der Waals surface area contributed by atoms with Crippen LogP contribution < -0.4 is 19.7 Å². The number of aromatic nitrogens is 4. The van der Waals surface area contributed by atoms with E-state index in [-0.39, 0.29) is 11.6 Å². The molecule has 1 unspecified atom stereocenters. The van der Waals surface area contributed by atoms with Crippen LogP contribution in [0.4, 0.5) is 11.5 Å². The first-order chi connectivity index (χ1) is 15.1. The van der Waals surface area contributed by atoms with Crippen LogP contribution in [-0.2, 0) is 0 Å². The van der Waals surface area contributed by atoms with Gasteiger partial charge < -0.3 is 19.7 Å².